The lowest BCUT2D eigenvalue weighted by atomic mass is 10.0. The van der Waals surface area contributed by atoms with Gasteiger partial charge in [0.2, 0.25) is 11.1 Å². The Kier molecular flexibility index (Phi) is 6.12. The van der Waals surface area contributed by atoms with Crippen LogP contribution in [0.5, 0.6) is 5.75 Å². The fraction of sp³-hybridized carbons (Fsp3) is 0.300. The third kappa shape index (κ3) is 5.75. The minimum atomic E-state index is -4.76. The van der Waals surface area contributed by atoms with Crippen LogP contribution in [0.25, 0.3) is 5.69 Å². The lowest BCUT2D eigenvalue weighted by Gasteiger charge is -2.18. The molecule has 1 aliphatic carbocycles. The summed E-state index contributed by atoms with van der Waals surface area (Å²) in [5, 5.41) is 14.8. The first-order valence-corrected chi connectivity index (χ1v) is 10.5. The number of nitrogens with one attached hydrogen (secondary N) is 1. The molecular weight excluding hydrogens is 431 g/mol. The van der Waals surface area contributed by atoms with Crippen LogP contribution in [0, 0.1) is 5.92 Å². The van der Waals surface area contributed by atoms with Crippen molar-refractivity contribution < 1.29 is 22.7 Å². The number of benzene rings is 2. The zero-order chi connectivity index (χ0) is 21.8. The van der Waals surface area contributed by atoms with Gasteiger partial charge in [0.25, 0.3) is 0 Å². The Labute approximate surface area is 180 Å². The van der Waals surface area contributed by atoms with Gasteiger partial charge in [0, 0.05) is 0 Å². The summed E-state index contributed by atoms with van der Waals surface area (Å²) in [6, 6.07) is 15.0. The van der Waals surface area contributed by atoms with E-state index >= 15 is 0 Å². The van der Waals surface area contributed by atoms with Crippen molar-refractivity contribution in [3.63, 3.8) is 0 Å². The molecule has 1 saturated carbocycles. The van der Waals surface area contributed by atoms with Crippen LogP contribution in [0.4, 0.5) is 13.2 Å². The number of thioether (sulfide) groups is 1. The first kappa shape index (κ1) is 21.2. The van der Waals surface area contributed by atoms with E-state index in [0.29, 0.717) is 16.8 Å². The molecule has 7 nitrogen and oxygen atoms in total. The van der Waals surface area contributed by atoms with Crippen LogP contribution >= 0.6 is 11.8 Å². The molecule has 1 amide bonds. The van der Waals surface area contributed by atoms with Gasteiger partial charge in [-0.15, -0.1) is 18.3 Å². The summed E-state index contributed by atoms with van der Waals surface area (Å²) >= 11 is 1.14. The number of carbonyl (C=O) groups excluding carboxylic acids is 1. The molecule has 0 radical (unpaired) electrons. The predicted molar refractivity (Wildman–Crippen MR) is 107 cm³/mol. The van der Waals surface area contributed by atoms with Gasteiger partial charge in [0.05, 0.1) is 17.5 Å². The zero-order valence-electron chi connectivity index (χ0n) is 16.1. The highest BCUT2D eigenvalue weighted by Crippen LogP contribution is 2.41. The molecule has 3 aromatic rings. The van der Waals surface area contributed by atoms with E-state index in [1.807, 2.05) is 30.3 Å². The second kappa shape index (κ2) is 8.96. The third-order valence-corrected chi connectivity index (χ3v) is 5.58. The van der Waals surface area contributed by atoms with Gasteiger partial charge in [-0.25, -0.2) is 0 Å². The van der Waals surface area contributed by atoms with E-state index in [2.05, 4.69) is 25.6 Å². The van der Waals surface area contributed by atoms with E-state index in [9.17, 15) is 18.0 Å². The molecule has 0 saturated heterocycles. The van der Waals surface area contributed by atoms with Gasteiger partial charge >= 0.3 is 6.36 Å². The first-order valence-electron chi connectivity index (χ1n) is 9.51. The standard InChI is InChI=1S/C20H18F3N5O2S/c21-20(22,23)30-16-10-8-15(9-11-16)28-19(25-26-27-28)31-12-17(29)24-18(14-6-7-14)13-4-2-1-3-5-13/h1-5,8-11,14,18H,6-7,12H2,(H,24,29). The van der Waals surface area contributed by atoms with E-state index in [1.165, 1.54) is 28.9 Å². The first-order chi connectivity index (χ1) is 14.9. The van der Waals surface area contributed by atoms with Crippen LogP contribution in [-0.2, 0) is 4.79 Å². The van der Waals surface area contributed by atoms with Gasteiger partial charge < -0.3 is 10.1 Å². The van der Waals surface area contributed by atoms with Gasteiger partial charge in [0.1, 0.15) is 5.75 Å². The molecule has 31 heavy (non-hydrogen) atoms. The lowest BCUT2D eigenvalue weighted by molar-refractivity contribution is -0.274. The molecule has 0 bridgehead atoms. The van der Waals surface area contributed by atoms with Gasteiger partial charge in [-0.2, -0.15) is 4.68 Å². The van der Waals surface area contributed by atoms with Crippen LogP contribution in [-0.4, -0.2) is 38.2 Å². The molecular formula is C20H18F3N5O2S. The molecule has 11 heteroatoms. The van der Waals surface area contributed by atoms with Crippen molar-refractivity contribution in [1.29, 1.82) is 0 Å². The molecule has 1 unspecified atom stereocenters. The number of tetrazole rings is 1. The summed E-state index contributed by atoms with van der Waals surface area (Å²) in [4.78, 5) is 12.5. The van der Waals surface area contributed by atoms with Gasteiger partial charge in [0.15, 0.2) is 0 Å². The number of halogens is 3. The third-order valence-electron chi connectivity index (χ3n) is 4.66. The maximum Gasteiger partial charge on any atom is 0.573 e. The number of ether oxygens (including phenoxy) is 1. The van der Waals surface area contributed by atoms with E-state index in [0.717, 1.165) is 30.2 Å². The number of hydrogen-bond donors (Lipinski definition) is 1. The molecule has 1 atom stereocenters. The van der Waals surface area contributed by atoms with Crippen molar-refractivity contribution in [1.82, 2.24) is 25.5 Å². The quantitative estimate of drug-likeness (QED) is 0.525. The number of rotatable bonds is 8. The molecule has 1 aliphatic rings. The van der Waals surface area contributed by atoms with E-state index in [4.69, 9.17) is 0 Å². The summed E-state index contributed by atoms with van der Waals surface area (Å²) in [5.41, 5.74) is 1.52. The average Bonchev–Trinajstić information content (AvgIpc) is 3.48. The lowest BCUT2D eigenvalue weighted by Crippen LogP contribution is -2.31. The molecule has 0 spiro atoms. The second-order valence-electron chi connectivity index (χ2n) is 7.00. The van der Waals surface area contributed by atoms with Crippen molar-refractivity contribution in [3.8, 4) is 11.4 Å². The number of amides is 1. The van der Waals surface area contributed by atoms with Crippen molar-refractivity contribution in [2.75, 3.05) is 5.75 Å². The topological polar surface area (TPSA) is 81.9 Å². The monoisotopic (exact) mass is 449 g/mol. The number of alkyl halides is 3. The normalized spacial score (nSPS) is 14.8. The number of aromatic nitrogens is 4. The van der Waals surface area contributed by atoms with Crippen molar-refractivity contribution in [2.24, 2.45) is 5.92 Å². The predicted octanol–water partition coefficient (Wildman–Crippen LogP) is 3.92. The second-order valence-corrected chi connectivity index (χ2v) is 7.94. The zero-order valence-corrected chi connectivity index (χ0v) is 16.9. The Bertz CT molecular complexity index is 1020. The summed E-state index contributed by atoms with van der Waals surface area (Å²) in [6.45, 7) is 0. The molecule has 1 fully saturated rings. The fourth-order valence-corrected chi connectivity index (χ4v) is 3.83. The van der Waals surface area contributed by atoms with E-state index in [1.54, 1.807) is 0 Å². The smallest absolute Gasteiger partial charge is 0.406 e. The molecule has 2 aromatic carbocycles. The molecule has 1 aromatic heterocycles. The van der Waals surface area contributed by atoms with Gasteiger partial charge in [-0.05, 0) is 59.0 Å². The van der Waals surface area contributed by atoms with Crippen LogP contribution in [0.15, 0.2) is 59.8 Å². The van der Waals surface area contributed by atoms with Gasteiger partial charge in [-0.1, -0.05) is 42.1 Å². The van der Waals surface area contributed by atoms with Gasteiger partial charge in [-0.3, -0.25) is 4.79 Å². The van der Waals surface area contributed by atoms with Crippen LogP contribution in [0.2, 0.25) is 0 Å². The summed E-state index contributed by atoms with van der Waals surface area (Å²) in [5.74, 6) is 0.0596. The maximum atomic E-state index is 12.5. The SMILES string of the molecule is O=C(CSc1nnnn1-c1ccc(OC(F)(F)F)cc1)NC(c1ccccc1)C1CC1. The summed E-state index contributed by atoms with van der Waals surface area (Å²) in [7, 11) is 0. The Morgan fingerprint density at radius 1 is 1.16 bits per heavy atom. The number of nitrogens with zero attached hydrogens (tertiary/aromatic N) is 4. The summed E-state index contributed by atoms with van der Waals surface area (Å²) in [6.07, 6.45) is -2.60. The van der Waals surface area contributed by atoms with Crippen LogP contribution < -0.4 is 10.1 Å². The average molecular weight is 449 g/mol. The molecule has 1 heterocycles. The minimum Gasteiger partial charge on any atom is -0.406 e. The van der Waals surface area contributed by atoms with Crippen molar-refractivity contribution in [3.05, 3.63) is 60.2 Å². The highest BCUT2D eigenvalue weighted by atomic mass is 32.2. The van der Waals surface area contributed by atoms with E-state index in [-0.39, 0.29) is 23.5 Å². The summed E-state index contributed by atoms with van der Waals surface area (Å²) < 4.78 is 42.1. The number of hydrogen-bond acceptors (Lipinski definition) is 6. The largest absolute Gasteiger partial charge is 0.573 e. The molecule has 4 rings (SSSR count). The molecule has 0 aliphatic heterocycles. The van der Waals surface area contributed by atoms with Crippen molar-refractivity contribution >= 4 is 17.7 Å². The van der Waals surface area contributed by atoms with Crippen LogP contribution in [0.1, 0.15) is 24.4 Å². The van der Waals surface area contributed by atoms with E-state index < -0.39 is 6.36 Å². The Morgan fingerprint density at radius 3 is 2.52 bits per heavy atom. The Balaban J connectivity index is 1.38. The fourth-order valence-electron chi connectivity index (χ4n) is 3.13. The maximum absolute atomic E-state index is 12.5. The van der Waals surface area contributed by atoms with Crippen molar-refractivity contribution in [2.45, 2.75) is 30.4 Å². The highest BCUT2D eigenvalue weighted by molar-refractivity contribution is 7.99. The highest BCUT2D eigenvalue weighted by Gasteiger charge is 2.33. The Hall–Kier alpha value is -3.08. The number of carbonyl (C=O) groups is 1. The minimum absolute atomic E-state index is 0.0218. The molecule has 162 valence electrons. The van der Waals surface area contributed by atoms with Crippen LogP contribution in [0.3, 0.4) is 0 Å². The Morgan fingerprint density at radius 2 is 1.87 bits per heavy atom. The molecule has 1 N–H and O–H groups in total.